The molecule has 0 radical (unpaired) electrons. The van der Waals surface area contributed by atoms with E-state index < -0.39 is 0 Å². The van der Waals surface area contributed by atoms with Crippen LogP contribution in [-0.2, 0) is 6.42 Å². The summed E-state index contributed by atoms with van der Waals surface area (Å²) in [6, 6.07) is 7.87. The average Bonchev–Trinajstić information content (AvgIpc) is 2.94. The van der Waals surface area contributed by atoms with E-state index in [-0.39, 0.29) is 0 Å². The molecule has 0 spiro atoms. The first-order valence-corrected chi connectivity index (χ1v) is 9.41. The fourth-order valence-corrected chi connectivity index (χ4v) is 5.09. The molecule has 1 saturated carbocycles. The monoisotopic (exact) mass is 305 g/mol. The highest BCUT2D eigenvalue weighted by molar-refractivity contribution is 7.99. The van der Waals surface area contributed by atoms with Crippen LogP contribution in [0.3, 0.4) is 0 Å². The second kappa shape index (κ2) is 7.06. The van der Waals surface area contributed by atoms with Gasteiger partial charge in [0.1, 0.15) is 5.75 Å². The quantitative estimate of drug-likeness (QED) is 0.874. The Labute approximate surface area is 133 Å². The fraction of sp³-hybridized carbons (Fsp3) is 0.667. The third-order valence-electron chi connectivity index (χ3n) is 4.91. The van der Waals surface area contributed by atoms with Crippen LogP contribution in [0.1, 0.15) is 56.2 Å². The van der Waals surface area contributed by atoms with Gasteiger partial charge in [0.05, 0.1) is 7.11 Å². The molecule has 0 aromatic heterocycles. The summed E-state index contributed by atoms with van der Waals surface area (Å²) >= 11 is 2.14. The number of hydrogen-bond acceptors (Lipinski definition) is 3. The molecular formula is C18H27NOS. The van der Waals surface area contributed by atoms with Gasteiger partial charge in [0.15, 0.2) is 0 Å². The molecule has 0 amide bonds. The number of thioether (sulfide) groups is 1. The van der Waals surface area contributed by atoms with Crippen LogP contribution in [0.4, 0.5) is 0 Å². The van der Waals surface area contributed by atoms with Crippen LogP contribution in [0.2, 0.25) is 0 Å². The van der Waals surface area contributed by atoms with Crippen molar-refractivity contribution in [1.82, 2.24) is 5.32 Å². The number of rotatable bonds is 5. The maximum absolute atomic E-state index is 5.37. The van der Waals surface area contributed by atoms with Gasteiger partial charge in [0, 0.05) is 17.3 Å². The molecule has 2 nitrogen and oxygen atoms in total. The largest absolute Gasteiger partial charge is 0.497 e. The molecule has 3 rings (SSSR count). The van der Waals surface area contributed by atoms with Gasteiger partial charge in [0.2, 0.25) is 0 Å². The Morgan fingerprint density at radius 3 is 2.95 bits per heavy atom. The van der Waals surface area contributed by atoms with Crippen LogP contribution >= 0.6 is 11.8 Å². The minimum atomic E-state index is 0.544. The molecule has 0 saturated heterocycles. The van der Waals surface area contributed by atoms with E-state index in [1.165, 1.54) is 55.4 Å². The third-order valence-corrected chi connectivity index (χ3v) is 6.24. The predicted molar refractivity (Wildman–Crippen MR) is 91.4 cm³/mol. The smallest absolute Gasteiger partial charge is 0.119 e. The molecule has 0 bridgehead atoms. The van der Waals surface area contributed by atoms with E-state index in [4.69, 9.17) is 4.74 Å². The van der Waals surface area contributed by atoms with Crippen molar-refractivity contribution in [3.63, 3.8) is 0 Å². The molecular weight excluding hydrogens is 278 g/mol. The van der Waals surface area contributed by atoms with E-state index in [9.17, 15) is 0 Å². The highest BCUT2D eigenvalue weighted by Gasteiger charge is 2.30. The van der Waals surface area contributed by atoms with Crippen molar-refractivity contribution in [1.29, 1.82) is 0 Å². The molecule has 116 valence electrons. The summed E-state index contributed by atoms with van der Waals surface area (Å²) in [6.45, 7) is 2.28. The Kier molecular flexibility index (Phi) is 5.12. The van der Waals surface area contributed by atoms with E-state index in [2.05, 4.69) is 42.2 Å². The first-order chi connectivity index (χ1) is 10.3. The minimum Gasteiger partial charge on any atom is -0.497 e. The van der Waals surface area contributed by atoms with Crippen LogP contribution in [0.15, 0.2) is 18.2 Å². The molecule has 2 aliphatic carbocycles. The van der Waals surface area contributed by atoms with Gasteiger partial charge in [-0.3, -0.25) is 0 Å². The molecule has 3 heteroatoms. The molecule has 21 heavy (non-hydrogen) atoms. The van der Waals surface area contributed by atoms with Gasteiger partial charge in [-0.15, -0.1) is 0 Å². The summed E-state index contributed by atoms with van der Waals surface area (Å²) in [5.41, 5.74) is 2.99. The topological polar surface area (TPSA) is 21.3 Å². The lowest BCUT2D eigenvalue weighted by molar-refractivity contribution is 0.394. The molecule has 1 aromatic rings. The second-order valence-corrected chi connectivity index (χ2v) is 7.72. The standard InChI is InChI=1S/C18H27NOS/c1-3-21-18-9-5-8-17(18)19-16-7-4-6-13-12-14(20-2)10-11-15(13)16/h10-12,16-19H,3-9H2,1-2H3. The van der Waals surface area contributed by atoms with E-state index >= 15 is 0 Å². The van der Waals surface area contributed by atoms with E-state index in [1.54, 1.807) is 7.11 Å². The number of hydrogen-bond donors (Lipinski definition) is 1. The number of ether oxygens (including phenoxy) is 1. The van der Waals surface area contributed by atoms with Gasteiger partial charge in [-0.1, -0.05) is 19.4 Å². The summed E-state index contributed by atoms with van der Waals surface area (Å²) in [4.78, 5) is 0. The highest BCUT2D eigenvalue weighted by atomic mass is 32.2. The summed E-state index contributed by atoms with van der Waals surface area (Å²) < 4.78 is 5.37. The average molecular weight is 305 g/mol. The molecule has 1 aromatic carbocycles. The van der Waals surface area contributed by atoms with Crippen LogP contribution in [-0.4, -0.2) is 24.2 Å². The van der Waals surface area contributed by atoms with Crippen molar-refractivity contribution < 1.29 is 4.74 Å². The van der Waals surface area contributed by atoms with Crippen molar-refractivity contribution in [2.24, 2.45) is 0 Å². The number of nitrogens with one attached hydrogen (secondary N) is 1. The maximum Gasteiger partial charge on any atom is 0.119 e. The molecule has 3 atom stereocenters. The first kappa shape index (κ1) is 15.2. The van der Waals surface area contributed by atoms with Crippen LogP contribution in [0, 0.1) is 0 Å². The van der Waals surface area contributed by atoms with Crippen molar-refractivity contribution >= 4 is 11.8 Å². The van der Waals surface area contributed by atoms with Crippen molar-refractivity contribution in [2.45, 2.75) is 62.8 Å². The lowest BCUT2D eigenvalue weighted by Gasteiger charge is -2.31. The Morgan fingerprint density at radius 2 is 2.14 bits per heavy atom. The number of methoxy groups -OCH3 is 1. The Hall–Kier alpha value is -0.670. The Bertz CT molecular complexity index is 476. The normalized spacial score (nSPS) is 28.4. The van der Waals surface area contributed by atoms with E-state index in [1.807, 2.05) is 0 Å². The summed E-state index contributed by atoms with van der Waals surface area (Å²) in [5, 5.41) is 4.80. The lowest BCUT2D eigenvalue weighted by atomic mass is 9.87. The van der Waals surface area contributed by atoms with E-state index in [0.717, 1.165) is 11.0 Å². The summed E-state index contributed by atoms with van der Waals surface area (Å²) in [6.07, 6.45) is 7.88. The molecule has 0 heterocycles. The fourth-order valence-electron chi connectivity index (χ4n) is 3.88. The second-order valence-electron chi connectivity index (χ2n) is 6.21. The van der Waals surface area contributed by atoms with Gasteiger partial charge in [-0.2, -0.15) is 11.8 Å². The van der Waals surface area contributed by atoms with Crippen LogP contribution in [0.5, 0.6) is 5.75 Å². The zero-order valence-corrected chi connectivity index (χ0v) is 14.0. The number of fused-ring (bicyclic) bond motifs is 1. The third kappa shape index (κ3) is 3.40. The van der Waals surface area contributed by atoms with Gasteiger partial charge in [0.25, 0.3) is 0 Å². The zero-order valence-electron chi connectivity index (χ0n) is 13.2. The zero-order chi connectivity index (χ0) is 14.7. The van der Waals surface area contributed by atoms with E-state index in [0.29, 0.717) is 12.1 Å². The number of benzene rings is 1. The van der Waals surface area contributed by atoms with Crippen molar-refractivity contribution in [3.05, 3.63) is 29.3 Å². The molecule has 3 unspecified atom stereocenters. The highest BCUT2D eigenvalue weighted by Crippen LogP contribution is 2.36. The van der Waals surface area contributed by atoms with Gasteiger partial charge >= 0.3 is 0 Å². The molecule has 1 fully saturated rings. The van der Waals surface area contributed by atoms with Crippen LogP contribution in [0.25, 0.3) is 0 Å². The maximum atomic E-state index is 5.37. The SMILES string of the molecule is CCSC1CCCC1NC1CCCc2cc(OC)ccc21. The predicted octanol–water partition coefficient (Wildman–Crippen LogP) is 4.34. The van der Waals surface area contributed by atoms with Gasteiger partial charge < -0.3 is 10.1 Å². The van der Waals surface area contributed by atoms with Crippen molar-refractivity contribution in [3.8, 4) is 5.75 Å². The van der Waals surface area contributed by atoms with Gasteiger partial charge in [-0.25, -0.2) is 0 Å². The molecule has 1 N–H and O–H groups in total. The van der Waals surface area contributed by atoms with Gasteiger partial charge in [-0.05, 0) is 61.1 Å². The number of aryl methyl sites for hydroxylation is 1. The molecule has 0 aliphatic heterocycles. The first-order valence-electron chi connectivity index (χ1n) is 8.36. The Balaban J connectivity index is 1.73. The Morgan fingerprint density at radius 1 is 1.24 bits per heavy atom. The summed E-state index contributed by atoms with van der Waals surface area (Å²) in [7, 11) is 1.76. The molecule has 2 aliphatic rings. The lowest BCUT2D eigenvalue weighted by Crippen LogP contribution is -2.38. The van der Waals surface area contributed by atoms with Crippen LogP contribution < -0.4 is 10.1 Å². The minimum absolute atomic E-state index is 0.544. The van der Waals surface area contributed by atoms with Crippen molar-refractivity contribution in [2.75, 3.05) is 12.9 Å². The summed E-state index contributed by atoms with van der Waals surface area (Å²) in [5.74, 6) is 2.23.